The van der Waals surface area contributed by atoms with Gasteiger partial charge in [-0.3, -0.25) is 4.90 Å². The lowest BCUT2D eigenvalue weighted by Crippen LogP contribution is -2.36. The van der Waals surface area contributed by atoms with Gasteiger partial charge in [0.1, 0.15) is 0 Å². The third kappa shape index (κ3) is 3.94. The molecule has 66 valence electrons. The Bertz CT molecular complexity index is 94.1. The maximum Gasteiger partial charge on any atom is 0.0594 e. The third-order valence-electron chi connectivity index (χ3n) is 1.96. The van der Waals surface area contributed by atoms with Gasteiger partial charge < -0.3 is 4.74 Å². The first kappa shape index (κ1) is 9.30. The molecule has 0 aromatic carbocycles. The van der Waals surface area contributed by atoms with Gasteiger partial charge in [0.15, 0.2) is 0 Å². The predicted molar refractivity (Wildman–Crippen MR) is 47.2 cm³/mol. The Balaban J connectivity index is 1.96. The Labute approximate surface area is 73.5 Å². The molecule has 1 saturated heterocycles. The lowest BCUT2D eigenvalue weighted by Gasteiger charge is -2.26. The van der Waals surface area contributed by atoms with Crippen molar-refractivity contribution in [3.63, 3.8) is 0 Å². The lowest BCUT2D eigenvalue weighted by atomic mass is 10.3. The second kappa shape index (κ2) is 5.81. The van der Waals surface area contributed by atoms with E-state index in [-0.39, 0.29) is 0 Å². The summed E-state index contributed by atoms with van der Waals surface area (Å²) >= 11 is 5.58. The molecule has 0 unspecified atom stereocenters. The van der Waals surface area contributed by atoms with Gasteiger partial charge in [-0.2, -0.15) is 0 Å². The Hall–Kier alpha value is 0.210. The van der Waals surface area contributed by atoms with Crippen molar-refractivity contribution in [2.45, 2.75) is 12.8 Å². The molecule has 1 heterocycles. The van der Waals surface area contributed by atoms with E-state index >= 15 is 0 Å². The molecule has 0 aliphatic carbocycles. The predicted octanol–water partition coefficient (Wildman–Crippen LogP) is 1.34. The summed E-state index contributed by atoms with van der Waals surface area (Å²) in [5, 5.41) is 0. The highest BCUT2D eigenvalue weighted by Crippen LogP contribution is 2.00. The van der Waals surface area contributed by atoms with Crippen LogP contribution in [0.15, 0.2) is 0 Å². The maximum absolute atomic E-state index is 5.58. The highest BCUT2D eigenvalue weighted by atomic mass is 35.5. The zero-order chi connectivity index (χ0) is 7.94. The molecule has 2 nitrogen and oxygen atoms in total. The van der Waals surface area contributed by atoms with E-state index in [9.17, 15) is 0 Å². The highest BCUT2D eigenvalue weighted by Gasteiger charge is 2.08. The van der Waals surface area contributed by atoms with E-state index in [1.165, 1.54) is 13.0 Å². The van der Waals surface area contributed by atoms with Gasteiger partial charge in [0, 0.05) is 19.0 Å². The van der Waals surface area contributed by atoms with Crippen molar-refractivity contribution in [2.75, 3.05) is 38.7 Å². The number of unbranched alkanes of at least 4 members (excludes halogenated alkanes) is 1. The second-order valence-electron chi connectivity index (χ2n) is 2.85. The van der Waals surface area contributed by atoms with Crippen molar-refractivity contribution in [3.05, 3.63) is 0 Å². The molecule has 0 spiro atoms. The molecule has 11 heavy (non-hydrogen) atoms. The van der Waals surface area contributed by atoms with Gasteiger partial charge in [-0.25, -0.2) is 0 Å². The fourth-order valence-electron chi connectivity index (χ4n) is 1.25. The summed E-state index contributed by atoms with van der Waals surface area (Å²) in [6, 6.07) is 0. The number of morpholine rings is 1. The van der Waals surface area contributed by atoms with Crippen molar-refractivity contribution >= 4 is 11.6 Å². The molecule has 1 aliphatic rings. The molecule has 3 heteroatoms. The Morgan fingerprint density at radius 1 is 1.18 bits per heavy atom. The third-order valence-corrected chi connectivity index (χ3v) is 2.23. The Kier molecular flexibility index (Phi) is 4.91. The van der Waals surface area contributed by atoms with E-state index in [4.69, 9.17) is 16.3 Å². The minimum atomic E-state index is 0.796. The molecule has 0 N–H and O–H groups in total. The summed E-state index contributed by atoms with van der Waals surface area (Å²) in [6.45, 7) is 5.20. The molecule has 1 fully saturated rings. The number of nitrogens with zero attached hydrogens (tertiary/aromatic N) is 1. The molecule has 0 bridgehead atoms. The van der Waals surface area contributed by atoms with Gasteiger partial charge in [0.05, 0.1) is 13.2 Å². The van der Waals surface area contributed by atoms with E-state index < -0.39 is 0 Å². The van der Waals surface area contributed by atoms with Crippen LogP contribution in [-0.2, 0) is 4.74 Å². The monoisotopic (exact) mass is 177 g/mol. The van der Waals surface area contributed by atoms with Crippen LogP contribution in [-0.4, -0.2) is 43.6 Å². The van der Waals surface area contributed by atoms with E-state index in [1.807, 2.05) is 0 Å². The number of alkyl halides is 1. The van der Waals surface area contributed by atoms with E-state index in [1.54, 1.807) is 0 Å². The van der Waals surface area contributed by atoms with Gasteiger partial charge in [-0.1, -0.05) is 0 Å². The number of ether oxygens (including phenoxy) is 1. The largest absolute Gasteiger partial charge is 0.379 e. The summed E-state index contributed by atoms with van der Waals surface area (Å²) in [7, 11) is 0. The van der Waals surface area contributed by atoms with Crippen LogP contribution in [0.1, 0.15) is 12.8 Å². The minimum absolute atomic E-state index is 0.796. The number of hydrogen-bond acceptors (Lipinski definition) is 2. The van der Waals surface area contributed by atoms with Crippen molar-refractivity contribution < 1.29 is 4.74 Å². The molecule has 0 aromatic rings. The van der Waals surface area contributed by atoms with Crippen LogP contribution >= 0.6 is 11.6 Å². The second-order valence-corrected chi connectivity index (χ2v) is 3.23. The van der Waals surface area contributed by atoms with Crippen molar-refractivity contribution in [1.29, 1.82) is 0 Å². The normalized spacial score (nSPS) is 20.5. The van der Waals surface area contributed by atoms with Crippen molar-refractivity contribution in [2.24, 2.45) is 0 Å². The van der Waals surface area contributed by atoms with Gasteiger partial charge in [0.2, 0.25) is 0 Å². The van der Waals surface area contributed by atoms with Crippen LogP contribution < -0.4 is 0 Å². The summed E-state index contributed by atoms with van der Waals surface area (Å²) in [4.78, 5) is 2.44. The average Bonchev–Trinajstić information content (AvgIpc) is 2.07. The topological polar surface area (TPSA) is 12.5 Å². The summed E-state index contributed by atoms with van der Waals surface area (Å²) in [5.41, 5.74) is 0. The van der Waals surface area contributed by atoms with Crippen molar-refractivity contribution in [3.8, 4) is 0 Å². The van der Waals surface area contributed by atoms with Gasteiger partial charge in [-0.15, -0.1) is 11.6 Å². The standard InChI is InChI=1S/C8H16ClNO/c9-3-1-2-4-10-5-7-11-8-6-10/h1-8H2. The molecule has 0 radical (unpaired) electrons. The van der Waals surface area contributed by atoms with Gasteiger partial charge >= 0.3 is 0 Å². The molecule has 0 atom stereocenters. The van der Waals surface area contributed by atoms with Crippen molar-refractivity contribution in [1.82, 2.24) is 4.90 Å². The molecular weight excluding hydrogens is 162 g/mol. The fraction of sp³-hybridized carbons (Fsp3) is 1.00. The molecule has 0 amide bonds. The molecule has 1 rings (SSSR count). The first-order chi connectivity index (χ1) is 5.43. The van der Waals surface area contributed by atoms with E-state index in [2.05, 4.69) is 4.90 Å². The number of rotatable bonds is 4. The van der Waals surface area contributed by atoms with Gasteiger partial charge in [-0.05, 0) is 19.4 Å². The van der Waals surface area contributed by atoms with E-state index in [0.29, 0.717) is 0 Å². The zero-order valence-electron chi connectivity index (χ0n) is 6.89. The summed E-state index contributed by atoms with van der Waals surface area (Å²) in [6.07, 6.45) is 2.36. The molecule has 0 aromatic heterocycles. The van der Waals surface area contributed by atoms with Crippen LogP contribution in [0.2, 0.25) is 0 Å². The quantitative estimate of drug-likeness (QED) is 0.475. The Morgan fingerprint density at radius 3 is 2.55 bits per heavy atom. The minimum Gasteiger partial charge on any atom is -0.379 e. The van der Waals surface area contributed by atoms with Crippen LogP contribution in [0.25, 0.3) is 0 Å². The van der Waals surface area contributed by atoms with Crippen LogP contribution in [0.3, 0.4) is 0 Å². The maximum atomic E-state index is 5.58. The zero-order valence-corrected chi connectivity index (χ0v) is 7.65. The fourth-order valence-corrected chi connectivity index (χ4v) is 1.44. The highest BCUT2D eigenvalue weighted by molar-refractivity contribution is 6.17. The summed E-state index contributed by atoms with van der Waals surface area (Å²) < 4.78 is 5.24. The SMILES string of the molecule is ClCCCCN1CCOCC1. The average molecular weight is 178 g/mol. The molecule has 1 aliphatic heterocycles. The van der Waals surface area contributed by atoms with Crippen LogP contribution in [0, 0.1) is 0 Å². The first-order valence-corrected chi connectivity index (χ1v) is 4.83. The molecule has 0 saturated carbocycles. The van der Waals surface area contributed by atoms with Crippen LogP contribution in [0.5, 0.6) is 0 Å². The Morgan fingerprint density at radius 2 is 1.91 bits per heavy atom. The van der Waals surface area contributed by atoms with Gasteiger partial charge in [0.25, 0.3) is 0 Å². The summed E-state index contributed by atoms with van der Waals surface area (Å²) in [5.74, 6) is 0.796. The number of halogens is 1. The molecular formula is C8H16ClNO. The lowest BCUT2D eigenvalue weighted by molar-refractivity contribution is 0.0374. The smallest absolute Gasteiger partial charge is 0.0594 e. The van der Waals surface area contributed by atoms with Crippen LogP contribution in [0.4, 0.5) is 0 Å². The first-order valence-electron chi connectivity index (χ1n) is 4.29. The number of hydrogen-bond donors (Lipinski definition) is 0. The van der Waals surface area contributed by atoms with E-state index in [0.717, 1.165) is 38.6 Å².